The van der Waals surface area contributed by atoms with Crippen molar-refractivity contribution in [2.75, 3.05) is 7.05 Å². The zero-order chi connectivity index (χ0) is 14.4. The number of nitrogens with one attached hydrogen (secondary N) is 1. The summed E-state index contributed by atoms with van der Waals surface area (Å²) in [7, 11) is 2.14. The molecule has 1 unspecified atom stereocenters. The molecule has 1 heteroatoms. The first-order valence-corrected chi connectivity index (χ1v) is 8.44. The normalized spacial score (nSPS) is 19.4. The fourth-order valence-electron chi connectivity index (χ4n) is 3.58. The monoisotopic (exact) mass is 273 g/mol. The number of hydrogen-bond acceptors (Lipinski definition) is 1. The van der Waals surface area contributed by atoms with E-state index in [-0.39, 0.29) is 0 Å². The highest BCUT2D eigenvalue weighted by molar-refractivity contribution is 5.30. The van der Waals surface area contributed by atoms with Gasteiger partial charge < -0.3 is 5.32 Å². The molecule has 0 spiro atoms. The minimum Gasteiger partial charge on any atom is -0.316 e. The van der Waals surface area contributed by atoms with Crippen molar-refractivity contribution in [3.05, 3.63) is 34.9 Å². The largest absolute Gasteiger partial charge is 0.316 e. The Bertz CT molecular complexity index is 402. The number of benzene rings is 1. The third-order valence-electron chi connectivity index (χ3n) is 5.12. The Morgan fingerprint density at radius 2 is 1.65 bits per heavy atom. The van der Waals surface area contributed by atoms with Gasteiger partial charge in [0.05, 0.1) is 0 Å². The van der Waals surface area contributed by atoms with E-state index >= 15 is 0 Å². The first-order valence-electron chi connectivity index (χ1n) is 8.44. The molecule has 1 aliphatic carbocycles. The van der Waals surface area contributed by atoms with Crippen molar-refractivity contribution in [1.82, 2.24) is 5.32 Å². The van der Waals surface area contributed by atoms with Gasteiger partial charge in [-0.2, -0.15) is 0 Å². The summed E-state index contributed by atoms with van der Waals surface area (Å²) in [5, 5.41) is 3.60. The van der Waals surface area contributed by atoms with Crippen LogP contribution in [0.3, 0.4) is 0 Å². The Labute approximate surface area is 125 Å². The standard InChI is InChI=1S/C19H31N/c1-15-11-12-17(13-16(15)2)14-19(20-3)18-9-7-5-4-6-8-10-18/h11-13,18-20H,4-10,14H2,1-3H3. The molecule has 0 heterocycles. The second-order valence-corrected chi connectivity index (χ2v) is 6.62. The van der Waals surface area contributed by atoms with Gasteiger partial charge in [0.1, 0.15) is 0 Å². The van der Waals surface area contributed by atoms with Crippen LogP contribution in [0.25, 0.3) is 0 Å². The van der Waals surface area contributed by atoms with E-state index in [4.69, 9.17) is 0 Å². The summed E-state index contributed by atoms with van der Waals surface area (Å²) < 4.78 is 0. The van der Waals surface area contributed by atoms with Gasteiger partial charge in [-0.05, 0) is 62.8 Å². The third-order valence-corrected chi connectivity index (χ3v) is 5.12. The number of aryl methyl sites for hydroxylation is 2. The smallest absolute Gasteiger partial charge is 0.0133 e. The Hall–Kier alpha value is -0.820. The molecule has 1 saturated carbocycles. The van der Waals surface area contributed by atoms with E-state index in [0.717, 1.165) is 5.92 Å². The lowest BCUT2D eigenvalue weighted by Gasteiger charge is -2.29. The van der Waals surface area contributed by atoms with Crippen LogP contribution in [0.1, 0.15) is 61.6 Å². The lowest BCUT2D eigenvalue weighted by Crippen LogP contribution is -2.36. The minimum absolute atomic E-state index is 0.648. The van der Waals surface area contributed by atoms with Crippen molar-refractivity contribution >= 4 is 0 Å². The van der Waals surface area contributed by atoms with Crippen molar-refractivity contribution in [2.45, 2.75) is 71.3 Å². The van der Waals surface area contributed by atoms with Crippen LogP contribution in [0.15, 0.2) is 18.2 Å². The van der Waals surface area contributed by atoms with E-state index in [1.165, 1.54) is 68.1 Å². The highest BCUT2D eigenvalue weighted by Gasteiger charge is 2.21. The molecule has 0 amide bonds. The Balaban J connectivity index is 2.00. The van der Waals surface area contributed by atoms with Crippen molar-refractivity contribution in [3.63, 3.8) is 0 Å². The summed E-state index contributed by atoms with van der Waals surface area (Å²) in [5.41, 5.74) is 4.32. The molecule has 0 aromatic heterocycles. The fourth-order valence-corrected chi connectivity index (χ4v) is 3.58. The molecular weight excluding hydrogens is 242 g/mol. The van der Waals surface area contributed by atoms with E-state index in [1.54, 1.807) is 0 Å². The topological polar surface area (TPSA) is 12.0 Å². The van der Waals surface area contributed by atoms with Gasteiger partial charge in [0.15, 0.2) is 0 Å². The molecule has 0 aliphatic heterocycles. The van der Waals surface area contributed by atoms with Crippen LogP contribution in [-0.2, 0) is 6.42 Å². The molecule has 1 fully saturated rings. The van der Waals surface area contributed by atoms with E-state index in [9.17, 15) is 0 Å². The molecule has 1 nitrogen and oxygen atoms in total. The van der Waals surface area contributed by atoms with Gasteiger partial charge in [-0.15, -0.1) is 0 Å². The predicted molar refractivity (Wildman–Crippen MR) is 88.3 cm³/mol. The lowest BCUT2D eigenvalue weighted by molar-refractivity contribution is 0.294. The van der Waals surface area contributed by atoms with Crippen molar-refractivity contribution in [2.24, 2.45) is 5.92 Å². The van der Waals surface area contributed by atoms with E-state index in [1.807, 2.05) is 0 Å². The summed E-state index contributed by atoms with van der Waals surface area (Å²) in [6.07, 6.45) is 11.2. The third kappa shape index (κ3) is 4.34. The van der Waals surface area contributed by atoms with Gasteiger partial charge >= 0.3 is 0 Å². The predicted octanol–water partition coefficient (Wildman–Crippen LogP) is 4.79. The second-order valence-electron chi connectivity index (χ2n) is 6.62. The zero-order valence-corrected chi connectivity index (χ0v) is 13.5. The molecule has 1 aromatic carbocycles. The molecule has 0 bridgehead atoms. The maximum absolute atomic E-state index is 3.60. The molecule has 1 aliphatic rings. The van der Waals surface area contributed by atoms with Crippen LogP contribution in [0.5, 0.6) is 0 Å². The average Bonchev–Trinajstić information content (AvgIpc) is 2.40. The van der Waals surface area contributed by atoms with E-state index in [2.05, 4.69) is 44.4 Å². The van der Waals surface area contributed by atoms with Crippen LogP contribution >= 0.6 is 0 Å². The number of rotatable bonds is 4. The molecule has 1 aromatic rings. The van der Waals surface area contributed by atoms with E-state index < -0.39 is 0 Å². The molecule has 1 atom stereocenters. The van der Waals surface area contributed by atoms with Crippen LogP contribution in [0.4, 0.5) is 0 Å². The fraction of sp³-hybridized carbons (Fsp3) is 0.684. The van der Waals surface area contributed by atoms with Gasteiger partial charge in [0.2, 0.25) is 0 Å². The maximum Gasteiger partial charge on any atom is 0.0133 e. The highest BCUT2D eigenvalue weighted by atomic mass is 14.9. The van der Waals surface area contributed by atoms with Crippen LogP contribution in [0, 0.1) is 19.8 Å². The minimum atomic E-state index is 0.648. The average molecular weight is 273 g/mol. The summed E-state index contributed by atoms with van der Waals surface area (Å²) in [5.74, 6) is 0.863. The molecular formula is C19H31N. The van der Waals surface area contributed by atoms with Crippen LogP contribution < -0.4 is 5.32 Å². The molecule has 0 radical (unpaired) electrons. The Morgan fingerprint density at radius 1 is 1.00 bits per heavy atom. The number of likely N-dealkylation sites (N-methyl/N-ethyl adjacent to an activating group) is 1. The Kier molecular flexibility index (Phi) is 6.09. The van der Waals surface area contributed by atoms with Crippen molar-refractivity contribution in [1.29, 1.82) is 0 Å². The summed E-state index contributed by atoms with van der Waals surface area (Å²) in [4.78, 5) is 0. The zero-order valence-electron chi connectivity index (χ0n) is 13.5. The van der Waals surface area contributed by atoms with Crippen molar-refractivity contribution in [3.8, 4) is 0 Å². The Morgan fingerprint density at radius 3 is 2.25 bits per heavy atom. The molecule has 2 rings (SSSR count). The lowest BCUT2D eigenvalue weighted by atomic mass is 9.83. The van der Waals surface area contributed by atoms with Gasteiger partial charge in [0, 0.05) is 6.04 Å². The van der Waals surface area contributed by atoms with E-state index in [0.29, 0.717) is 6.04 Å². The summed E-state index contributed by atoms with van der Waals surface area (Å²) >= 11 is 0. The number of hydrogen-bond donors (Lipinski definition) is 1. The first-order chi connectivity index (χ1) is 9.70. The highest BCUT2D eigenvalue weighted by Crippen LogP contribution is 2.26. The first kappa shape index (κ1) is 15.6. The van der Waals surface area contributed by atoms with Crippen LogP contribution in [-0.4, -0.2) is 13.1 Å². The van der Waals surface area contributed by atoms with Gasteiger partial charge in [-0.25, -0.2) is 0 Å². The van der Waals surface area contributed by atoms with Crippen LogP contribution in [0.2, 0.25) is 0 Å². The SMILES string of the molecule is CNC(Cc1ccc(C)c(C)c1)C1CCCCCCC1. The molecule has 20 heavy (non-hydrogen) atoms. The quantitative estimate of drug-likeness (QED) is 0.831. The van der Waals surface area contributed by atoms with Gasteiger partial charge in [-0.3, -0.25) is 0 Å². The maximum atomic E-state index is 3.60. The van der Waals surface area contributed by atoms with Crippen molar-refractivity contribution < 1.29 is 0 Å². The molecule has 1 N–H and O–H groups in total. The molecule has 112 valence electrons. The second kappa shape index (κ2) is 7.83. The summed E-state index contributed by atoms with van der Waals surface area (Å²) in [6.45, 7) is 4.42. The molecule has 0 saturated heterocycles. The van der Waals surface area contributed by atoms with Gasteiger partial charge in [-0.1, -0.05) is 50.3 Å². The van der Waals surface area contributed by atoms with Gasteiger partial charge in [0.25, 0.3) is 0 Å². The summed E-state index contributed by atoms with van der Waals surface area (Å²) in [6, 6.07) is 7.61.